The molecular formula is C61H102O12. The van der Waals surface area contributed by atoms with E-state index in [2.05, 4.69) is 93.7 Å². The summed E-state index contributed by atoms with van der Waals surface area (Å²) < 4.78 is 28.4. The third kappa shape index (κ3) is 39.3. The number of allylic oxidation sites excluding steroid dienone is 12. The second-order valence-corrected chi connectivity index (χ2v) is 19.5. The van der Waals surface area contributed by atoms with E-state index < -0.39 is 67.3 Å². The molecule has 0 radical (unpaired) electrons. The van der Waals surface area contributed by atoms with Gasteiger partial charge in [-0.05, 0) is 103 Å². The molecule has 1 saturated heterocycles. The molecule has 0 bridgehead atoms. The highest BCUT2D eigenvalue weighted by Gasteiger charge is 2.50. The molecule has 1 fully saturated rings. The Morgan fingerprint density at radius 3 is 1.38 bits per heavy atom. The molecule has 6 atom stereocenters. The first-order valence-corrected chi connectivity index (χ1v) is 28.9. The zero-order valence-corrected chi connectivity index (χ0v) is 45.9. The lowest BCUT2D eigenvalue weighted by Gasteiger charge is -2.40. The third-order valence-corrected chi connectivity index (χ3v) is 12.7. The predicted molar refractivity (Wildman–Crippen MR) is 294 cm³/mol. The van der Waals surface area contributed by atoms with Crippen molar-refractivity contribution in [1.82, 2.24) is 0 Å². The van der Waals surface area contributed by atoms with Crippen LogP contribution in [-0.2, 0) is 42.9 Å². The van der Waals surface area contributed by atoms with E-state index in [1.807, 2.05) is 0 Å². The second-order valence-electron chi connectivity index (χ2n) is 19.5. The molecule has 0 aliphatic carbocycles. The molecule has 12 nitrogen and oxygen atoms in total. The third-order valence-electron chi connectivity index (χ3n) is 12.7. The molecule has 1 heterocycles. The maximum absolute atomic E-state index is 13.1. The second kappa shape index (κ2) is 49.1. The number of hydrogen-bond donors (Lipinski definition) is 3. The van der Waals surface area contributed by atoms with Crippen LogP contribution in [0, 0.1) is 0 Å². The van der Waals surface area contributed by atoms with Crippen molar-refractivity contribution in [3.63, 3.8) is 0 Å². The van der Waals surface area contributed by atoms with Gasteiger partial charge in [-0.2, -0.15) is 0 Å². The van der Waals surface area contributed by atoms with Crippen LogP contribution in [0.4, 0.5) is 0 Å². The lowest BCUT2D eigenvalue weighted by atomic mass is 9.98. The van der Waals surface area contributed by atoms with Gasteiger partial charge in [-0.15, -0.1) is 0 Å². The molecule has 12 heteroatoms. The summed E-state index contributed by atoms with van der Waals surface area (Å²) >= 11 is 0. The van der Waals surface area contributed by atoms with Gasteiger partial charge in [0.15, 0.2) is 24.6 Å². The Labute approximate surface area is 442 Å². The molecule has 0 saturated carbocycles. The lowest BCUT2D eigenvalue weighted by Crippen LogP contribution is -2.61. The minimum Gasteiger partial charge on any atom is -0.479 e. The summed E-state index contributed by atoms with van der Waals surface area (Å²) in [4.78, 5) is 51.0. The summed E-state index contributed by atoms with van der Waals surface area (Å²) in [5.41, 5.74) is 0. The molecule has 0 aromatic heterocycles. The molecule has 0 amide bonds. The largest absolute Gasteiger partial charge is 0.479 e. The van der Waals surface area contributed by atoms with Gasteiger partial charge >= 0.3 is 23.9 Å². The van der Waals surface area contributed by atoms with E-state index in [1.54, 1.807) is 0 Å². The topological polar surface area (TPSA) is 175 Å². The molecule has 6 unspecified atom stereocenters. The van der Waals surface area contributed by atoms with Crippen molar-refractivity contribution in [1.29, 1.82) is 0 Å². The van der Waals surface area contributed by atoms with Gasteiger partial charge in [-0.25, -0.2) is 4.79 Å². The summed E-state index contributed by atoms with van der Waals surface area (Å²) in [5.74, 6) is -3.17. The SMILES string of the molecule is CC/C=C\C/C=C\C/C=C\CCCCCCCC(=O)OC1C(OCC(COC(=O)CCCCCCC/C=C\CCCCCCCC)OC(=O)CCCCCCC/C=C\C/C=C\CCC)OC(C(=O)O)C(O)C1O. The molecule has 0 aromatic rings. The minimum atomic E-state index is -1.91. The number of aliphatic hydroxyl groups is 2. The predicted octanol–water partition coefficient (Wildman–Crippen LogP) is 14.6. The first-order valence-electron chi connectivity index (χ1n) is 28.9. The molecule has 1 aliphatic rings. The van der Waals surface area contributed by atoms with Gasteiger partial charge in [0, 0.05) is 19.3 Å². The molecule has 0 spiro atoms. The van der Waals surface area contributed by atoms with Gasteiger partial charge < -0.3 is 39.0 Å². The highest BCUT2D eigenvalue weighted by Crippen LogP contribution is 2.26. The summed E-state index contributed by atoms with van der Waals surface area (Å²) in [6.07, 6.45) is 48.7. The zero-order valence-electron chi connectivity index (χ0n) is 45.9. The van der Waals surface area contributed by atoms with Crippen molar-refractivity contribution >= 4 is 23.9 Å². The minimum absolute atomic E-state index is 0.0367. The van der Waals surface area contributed by atoms with Gasteiger partial charge in [0.2, 0.25) is 0 Å². The number of hydrogen-bond acceptors (Lipinski definition) is 11. The van der Waals surface area contributed by atoms with E-state index in [1.165, 1.54) is 38.5 Å². The Kier molecular flexibility index (Phi) is 45.1. The van der Waals surface area contributed by atoms with Gasteiger partial charge in [-0.1, -0.05) is 190 Å². The fraction of sp³-hybridized carbons (Fsp3) is 0.738. The lowest BCUT2D eigenvalue weighted by molar-refractivity contribution is -0.301. The molecule has 73 heavy (non-hydrogen) atoms. The standard InChI is InChI=1S/C61H102O12/c1-4-7-10-13-16-19-22-25-27-30-32-35-38-41-44-47-53(62)69-50-52(71-54(63)48-45-42-39-36-33-29-24-21-18-15-12-9-6-3)51-70-61-59(57(66)56(65)58(73-61)60(67)68)72-55(64)49-46-43-40-37-34-31-28-26-23-20-17-14-11-8-5-2/h8,11-12,15,17,20-21,24-28,52,56-59,61,65-66H,4-7,9-10,13-14,16,18-19,22-23,29-51H2,1-3H3,(H,67,68)/b11-8-,15-12-,20-17-,24-21-,27-25-,28-26-. The summed E-state index contributed by atoms with van der Waals surface area (Å²) in [6, 6.07) is 0. The van der Waals surface area contributed by atoms with E-state index in [0.29, 0.717) is 19.3 Å². The molecule has 1 rings (SSSR count). The molecule has 0 aromatic carbocycles. The van der Waals surface area contributed by atoms with Crippen LogP contribution in [0.5, 0.6) is 0 Å². The highest BCUT2D eigenvalue weighted by molar-refractivity contribution is 5.74. The maximum Gasteiger partial charge on any atom is 0.335 e. The van der Waals surface area contributed by atoms with Gasteiger partial charge in [0.1, 0.15) is 18.8 Å². The van der Waals surface area contributed by atoms with Gasteiger partial charge in [-0.3, -0.25) is 14.4 Å². The van der Waals surface area contributed by atoms with Crippen molar-refractivity contribution < 1.29 is 58.2 Å². The first kappa shape index (κ1) is 67.2. The first-order chi connectivity index (χ1) is 35.6. The number of esters is 3. The summed E-state index contributed by atoms with van der Waals surface area (Å²) in [5, 5.41) is 31.4. The Morgan fingerprint density at radius 1 is 0.466 bits per heavy atom. The van der Waals surface area contributed by atoms with Crippen molar-refractivity contribution in [2.45, 2.75) is 276 Å². The molecule has 3 N–H and O–H groups in total. The van der Waals surface area contributed by atoms with Gasteiger partial charge in [0.05, 0.1) is 6.61 Å². The number of unbranched alkanes of at least 4 members (excludes halogenated alkanes) is 22. The van der Waals surface area contributed by atoms with Crippen LogP contribution >= 0.6 is 0 Å². The Hall–Kier alpha value is -3.84. The molecule has 1 aliphatic heterocycles. The highest BCUT2D eigenvalue weighted by atomic mass is 16.7. The normalized spacial score (nSPS) is 18.8. The van der Waals surface area contributed by atoms with Crippen LogP contribution in [0.1, 0.15) is 239 Å². The van der Waals surface area contributed by atoms with E-state index in [0.717, 1.165) is 141 Å². The Bertz CT molecular complexity index is 1550. The quantitative estimate of drug-likeness (QED) is 0.0228. The average Bonchev–Trinajstić information content (AvgIpc) is 3.37. The number of carboxylic acid groups (broad SMARTS) is 1. The van der Waals surface area contributed by atoms with Crippen molar-refractivity contribution in [2.75, 3.05) is 13.2 Å². The number of rotatable bonds is 48. The van der Waals surface area contributed by atoms with Crippen LogP contribution in [0.2, 0.25) is 0 Å². The Balaban J connectivity index is 2.72. The van der Waals surface area contributed by atoms with E-state index in [4.69, 9.17) is 23.7 Å². The summed E-state index contributed by atoms with van der Waals surface area (Å²) in [7, 11) is 0. The fourth-order valence-corrected chi connectivity index (χ4v) is 8.30. The zero-order chi connectivity index (χ0) is 53.3. The number of carboxylic acids is 1. The number of carbonyl (C=O) groups excluding carboxylic acids is 3. The van der Waals surface area contributed by atoms with E-state index in [-0.39, 0.29) is 25.9 Å². The van der Waals surface area contributed by atoms with Crippen molar-refractivity contribution in [3.8, 4) is 0 Å². The number of aliphatic hydroxyl groups excluding tert-OH is 2. The van der Waals surface area contributed by atoms with Crippen LogP contribution in [-0.4, -0.2) is 89.2 Å². The fourth-order valence-electron chi connectivity index (χ4n) is 8.30. The van der Waals surface area contributed by atoms with Crippen LogP contribution in [0.25, 0.3) is 0 Å². The van der Waals surface area contributed by atoms with Gasteiger partial charge in [0.25, 0.3) is 0 Å². The molecule has 418 valence electrons. The number of carbonyl (C=O) groups is 4. The number of aliphatic carboxylic acids is 1. The molecular weight excluding hydrogens is 925 g/mol. The number of ether oxygens (including phenoxy) is 5. The smallest absolute Gasteiger partial charge is 0.335 e. The van der Waals surface area contributed by atoms with Crippen LogP contribution < -0.4 is 0 Å². The van der Waals surface area contributed by atoms with Crippen LogP contribution in [0.3, 0.4) is 0 Å². The monoisotopic (exact) mass is 1030 g/mol. The Morgan fingerprint density at radius 2 is 0.890 bits per heavy atom. The summed E-state index contributed by atoms with van der Waals surface area (Å²) in [6.45, 7) is 5.78. The van der Waals surface area contributed by atoms with Crippen LogP contribution in [0.15, 0.2) is 72.9 Å². The van der Waals surface area contributed by atoms with E-state index >= 15 is 0 Å². The average molecular weight is 1030 g/mol. The maximum atomic E-state index is 13.1. The van der Waals surface area contributed by atoms with Crippen molar-refractivity contribution in [3.05, 3.63) is 72.9 Å². The van der Waals surface area contributed by atoms with E-state index in [9.17, 15) is 34.5 Å². The van der Waals surface area contributed by atoms with Crippen molar-refractivity contribution in [2.24, 2.45) is 0 Å².